The Morgan fingerprint density at radius 3 is 2.94 bits per heavy atom. The van der Waals surface area contributed by atoms with Gasteiger partial charge in [0.2, 0.25) is 0 Å². The third kappa shape index (κ3) is 2.76. The van der Waals surface area contributed by atoms with Gasteiger partial charge in [0, 0.05) is 24.5 Å². The number of rotatable bonds is 4. The summed E-state index contributed by atoms with van der Waals surface area (Å²) in [5, 5.41) is 8.15. The normalized spacial score (nSPS) is 19.2. The van der Waals surface area contributed by atoms with Crippen molar-refractivity contribution in [2.75, 3.05) is 11.5 Å². The molecule has 2 aromatic rings. The Kier molecular flexibility index (Phi) is 3.67. The van der Waals surface area contributed by atoms with Crippen LogP contribution in [0, 0.1) is 0 Å². The van der Waals surface area contributed by atoms with Gasteiger partial charge in [0.25, 0.3) is 0 Å². The molecule has 94 valence electrons. The molecular weight excluding hydrogens is 242 g/mol. The van der Waals surface area contributed by atoms with Gasteiger partial charge in [-0.05, 0) is 30.4 Å². The number of aromatic nitrogens is 2. The third-order valence-corrected chi connectivity index (χ3v) is 4.33. The highest BCUT2D eigenvalue weighted by Gasteiger charge is 2.14. The van der Waals surface area contributed by atoms with Crippen molar-refractivity contribution in [3.63, 3.8) is 0 Å². The van der Waals surface area contributed by atoms with Crippen LogP contribution in [0.3, 0.4) is 0 Å². The molecule has 0 spiro atoms. The Hall–Kier alpha value is -1.26. The van der Waals surface area contributed by atoms with Gasteiger partial charge in [0.15, 0.2) is 0 Å². The van der Waals surface area contributed by atoms with Crippen molar-refractivity contribution in [1.29, 1.82) is 0 Å². The van der Waals surface area contributed by atoms with Crippen molar-refractivity contribution in [3.05, 3.63) is 48.3 Å². The van der Waals surface area contributed by atoms with Crippen molar-refractivity contribution >= 4 is 11.8 Å². The molecule has 3 nitrogen and oxygen atoms in total. The van der Waals surface area contributed by atoms with Gasteiger partial charge in [-0.1, -0.05) is 18.2 Å². The molecule has 1 fully saturated rings. The molecule has 3 rings (SSSR count). The fraction of sp³-hybridized carbons (Fsp3) is 0.357. The summed E-state index contributed by atoms with van der Waals surface area (Å²) >= 11 is 2.03. The van der Waals surface area contributed by atoms with Crippen LogP contribution in [0.1, 0.15) is 12.1 Å². The molecule has 0 bridgehead atoms. The van der Waals surface area contributed by atoms with Crippen LogP contribution in [0.2, 0.25) is 0 Å². The van der Waals surface area contributed by atoms with E-state index >= 15 is 0 Å². The van der Waals surface area contributed by atoms with Gasteiger partial charge in [-0.2, -0.15) is 16.9 Å². The zero-order chi connectivity index (χ0) is 12.2. The smallest absolute Gasteiger partial charge is 0.0766 e. The van der Waals surface area contributed by atoms with E-state index < -0.39 is 0 Å². The summed E-state index contributed by atoms with van der Waals surface area (Å²) in [7, 11) is 0. The van der Waals surface area contributed by atoms with E-state index in [0.29, 0.717) is 6.04 Å². The lowest BCUT2D eigenvalue weighted by Crippen LogP contribution is -2.28. The van der Waals surface area contributed by atoms with Gasteiger partial charge in [-0.15, -0.1) is 0 Å². The number of benzene rings is 1. The van der Waals surface area contributed by atoms with Gasteiger partial charge >= 0.3 is 0 Å². The van der Waals surface area contributed by atoms with Crippen LogP contribution in [-0.2, 0) is 6.54 Å². The standard InChI is InChI=1S/C14H17N3S/c1-2-4-14(5-3-1)17-8-6-12(16-17)10-15-13-7-9-18-11-13/h1-6,8,13,15H,7,9-11H2. The Labute approximate surface area is 112 Å². The topological polar surface area (TPSA) is 29.9 Å². The first kappa shape index (κ1) is 11.8. The molecule has 1 aromatic carbocycles. The van der Waals surface area contributed by atoms with Crippen molar-refractivity contribution in [3.8, 4) is 5.69 Å². The van der Waals surface area contributed by atoms with E-state index in [2.05, 4.69) is 28.6 Å². The predicted octanol–water partition coefficient (Wildman–Crippen LogP) is 2.47. The largest absolute Gasteiger partial charge is 0.307 e. The Bertz CT molecular complexity index is 489. The summed E-state index contributed by atoms with van der Waals surface area (Å²) in [6.07, 6.45) is 3.31. The summed E-state index contributed by atoms with van der Waals surface area (Å²) in [6, 6.07) is 13.0. The molecular formula is C14H17N3S. The molecule has 0 radical (unpaired) electrons. The first-order valence-electron chi connectivity index (χ1n) is 6.33. The summed E-state index contributed by atoms with van der Waals surface area (Å²) in [5.41, 5.74) is 2.22. The van der Waals surface area contributed by atoms with Gasteiger partial charge in [0.05, 0.1) is 11.4 Å². The van der Waals surface area contributed by atoms with Crippen molar-refractivity contribution < 1.29 is 0 Å². The van der Waals surface area contributed by atoms with Crippen molar-refractivity contribution in [1.82, 2.24) is 15.1 Å². The molecule has 1 atom stereocenters. The molecule has 1 aliphatic heterocycles. The summed E-state index contributed by atoms with van der Waals surface area (Å²) in [4.78, 5) is 0. The Morgan fingerprint density at radius 2 is 2.17 bits per heavy atom. The second-order valence-electron chi connectivity index (χ2n) is 4.53. The van der Waals surface area contributed by atoms with E-state index in [1.54, 1.807) is 0 Å². The molecule has 1 aromatic heterocycles. The molecule has 18 heavy (non-hydrogen) atoms. The van der Waals surface area contributed by atoms with Crippen LogP contribution in [0.5, 0.6) is 0 Å². The molecule has 0 saturated carbocycles. The maximum absolute atomic E-state index is 4.59. The fourth-order valence-electron chi connectivity index (χ4n) is 2.12. The lowest BCUT2D eigenvalue weighted by molar-refractivity contribution is 0.549. The molecule has 1 N–H and O–H groups in total. The summed E-state index contributed by atoms with van der Waals surface area (Å²) < 4.78 is 1.93. The SMILES string of the molecule is c1ccc(-n2ccc(CNC3CCSC3)n2)cc1. The minimum absolute atomic E-state index is 0.664. The lowest BCUT2D eigenvalue weighted by Gasteiger charge is -2.08. The van der Waals surface area contributed by atoms with E-state index in [9.17, 15) is 0 Å². The highest BCUT2D eigenvalue weighted by molar-refractivity contribution is 7.99. The third-order valence-electron chi connectivity index (χ3n) is 3.17. The van der Waals surface area contributed by atoms with E-state index in [0.717, 1.165) is 17.9 Å². The van der Waals surface area contributed by atoms with Crippen LogP contribution >= 0.6 is 11.8 Å². The van der Waals surface area contributed by atoms with E-state index in [1.807, 2.05) is 40.8 Å². The maximum Gasteiger partial charge on any atom is 0.0766 e. The Balaban J connectivity index is 1.63. The van der Waals surface area contributed by atoms with Crippen LogP contribution in [0.25, 0.3) is 5.69 Å². The molecule has 0 amide bonds. The number of thioether (sulfide) groups is 1. The zero-order valence-electron chi connectivity index (χ0n) is 10.2. The van der Waals surface area contributed by atoms with Crippen LogP contribution in [-0.4, -0.2) is 27.3 Å². The maximum atomic E-state index is 4.59. The molecule has 0 aliphatic carbocycles. The molecule has 1 unspecified atom stereocenters. The van der Waals surface area contributed by atoms with Crippen molar-refractivity contribution in [2.24, 2.45) is 0 Å². The predicted molar refractivity (Wildman–Crippen MR) is 76.1 cm³/mol. The van der Waals surface area contributed by atoms with Crippen molar-refractivity contribution in [2.45, 2.75) is 19.0 Å². The second kappa shape index (κ2) is 5.59. The number of para-hydroxylation sites is 1. The van der Waals surface area contributed by atoms with E-state index in [-0.39, 0.29) is 0 Å². The summed E-state index contributed by atoms with van der Waals surface area (Å²) in [5.74, 6) is 2.52. The lowest BCUT2D eigenvalue weighted by atomic mass is 10.2. The van der Waals surface area contributed by atoms with Gasteiger partial charge in [-0.3, -0.25) is 0 Å². The van der Waals surface area contributed by atoms with Gasteiger partial charge in [0.1, 0.15) is 0 Å². The molecule has 1 saturated heterocycles. The highest BCUT2D eigenvalue weighted by atomic mass is 32.2. The second-order valence-corrected chi connectivity index (χ2v) is 5.68. The fourth-order valence-corrected chi connectivity index (χ4v) is 3.31. The first-order valence-corrected chi connectivity index (χ1v) is 7.48. The monoisotopic (exact) mass is 259 g/mol. The van der Waals surface area contributed by atoms with Crippen LogP contribution < -0.4 is 5.32 Å². The molecule has 4 heteroatoms. The zero-order valence-corrected chi connectivity index (χ0v) is 11.1. The van der Waals surface area contributed by atoms with Crippen LogP contribution in [0.15, 0.2) is 42.6 Å². The van der Waals surface area contributed by atoms with Gasteiger partial charge in [-0.25, -0.2) is 4.68 Å². The molecule has 2 heterocycles. The van der Waals surface area contributed by atoms with E-state index in [1.165, 1.54) is 17.9 Å². The Morgan fingerprint density at radius 1 is 1.28 bits per heavy atom. The highest BCUT2D eigenvalue weighted by Crippen LogP contribution is 2.17. The number of nitrogens with one attached hydrogen (secondary N) is 1. The summed E-state index contributed by atoms with van der Waals surface area (Å²) in [6.45, 7) is 0.866. The van der Waals surface area contributed by atoms with E-state index in [4.69, 9.17) is 0 Å². The number of hydrogen-bond donors (Lipinski definition) is 1. The number of hydrogen-bond acceptors (Lipinski definition) is 3. The quantitative estimate of drug-likeness (QED) is 0.915. The average molecular weight is 259 g/mol. The minimum Gasteiger partial charge on any atom is -0.307 e. The minimum atomic E-state index is 0.664. The molecule has 1 aliphatic rings. The number of nitrogens with zero attached hydrogens (tertiary/aromatic N) is 2. The average Bonchev–Trinajstić information content (AvgIpc) is 3.09. The first-order chi connectivity index (χ1) is 8.92. The van der Waals surface area contributed by atoms with Crippen LogP contribution in [0.4, 0.5) is 0 Å². The van der Waals surface area contributed by atoms with Gasteiger partial charge < -0.3 is 5.32 Å².